The quantitative estimate of drug-likeness (QED) is 0.796. The predicted octanol–water partition coefficient (Wildman–Crippen LogP) is 3.69. The van der Waals surface area contributed by atoms with Crippen molar-refractivity contribution >= 4 is 23.1 Å². The Morgan fingerprint density at radius 3 is 2.76 bits per heavy atom. The van der Waals surface area contributed by atoms with Gasteiger partial charge in [-0.2, -0.15) is 13.2 Å². The summed E-state index contributed by atoms with van der Waals surface area (Å²) in [6.07, 6.45) is -1.81. The minimum Gasteiger partial charge on any atom is -0.339 e. The molecule has 0 N–H and O–H groups in total. The fourth-order valence-corrected chi connectivity index (χ4v) is 2.34. The lowest BCUT2D eigenvalue weighted by molar-refractivity contribution is -0.148. The highest BCUT2D eigenvalue weighted by Crippen LogP contribution is 2.25. The molecule has 0 saturated carbocycles. The zero-order valence-corrected chi connectivity index (χ0v) is 11.9. The number of alkyl halides is 3. The molecule has 0 atom stereocenters. The molecular formula is C14H14ClF3N2O. The lowest BCUT2D eigenvalue weighted by Crippen LogP contribution is -2.35. The first-order valence-electron chi connectivity index (χ1n) is 6.50. The third-order valence-electron chi connectivity index (χ3n) is 3.28. The van der Waals surface area contributed by atoms with E-state index in [2.05, 4.69) is 4.98 Å². The number of carbonyl (C=O) groups excluding carboxylic acids is 1. The second kappa shape index (κ2) is 6.47. The van der Waals surface area contributed by atoms with Crippen LogP contribution in [0.4, 0.5) is 13.2 Å². The summed E-state index contributed by atoms with van der Waals surface area (Å²) < 4.78 is 36.3. The molecule has 7 heteroatoms. The van der Waals surface area contributed by atoms with E-state index < -0.39 is 24.9 Å². The predicted molar refractivity (Wildman–Crippen MR) is 73.7 cm³/mol. The molecule has 3 nitrogen and oxygen atoms in total. The zero-order valence-electron chi connectivity index (χ0n) is 11.2. The zero-order chi connectivity index (χ0) is 15.5. The molecule has 0 saturated heterocycles. The van der Waals surface area contributed by atoms with E-state index in [9.17, 15) is 18.0 Å². The number of halogens is 4. The molecule has 0 fully saturated rings. The molecular weight excluding hydrogens is 305 g/mol. The smallest absolute Gasteiger partial charge is 0.339 e. The first-order valence-corrected chi connectivity index (χ1v) is 6.88. The second-order valence-corrected chi connectivity index (χ2v) is 5.19. The van der Waals surface area contributed by atoms with Gasteiger partial charge >= 0.3 is 6.18 Å². The van der Waals surface area contributed by atoms with Crippen molar-refractivity contribution in [2.75, 3.05) is 13.1 Å². The molecule has 0 aromatic carbocycles. The molecule has 0 aliphatic carbocycles. The minimum atomic E-state index is -4.29. The van der Waals surface area contributed by atoms with E-state index in [1.54, 1.807) is 12.3 Å². The number of pyridine rings is 1. The molecule has 1 aromatic rings. The van der Waals surface area contributed by atoms with Crippen LogP contribution >= 0.6 is 11.6 Å². The van der Waals surface area contributed by atoms with Gasteiger partial charge in [0.2, 0.25) is 5.91 Å². The van der Waals surface area contributed by atoms with Gasteiger partial charge in [0.05, 0.1) is 6.42 Å². The van der Waals surface area contributed by atoms with Crippen molar-refractivity contribution in [2.24, 2.45) is 0 Å². The van der Waals surface area contributed by atoms with Gasteiger partial charge in [-0.25, -0.2) is 4.98 Å². The Hall–Kier alpha value is -1.56. The van der Waals surface area contributed by atoms with Crippen molar-refractivity contribution in [1.82, 2.24) is 9.88 Å². The lowest BCUT2D eigenvalue weighted by atomic mass is 10.0. The van der Waals surface area contributed by atoms with Crippen LogP contribution in [0.3, 0.4) is 0 Å². The topological polar surface area (TPSA) is 33.2 Å². The van der Waals surface area contributed by atoms with Gasteiger partial charge in [0.1, 0.15) is 5.15 Å². The van der Waals surface area contributed by atoms with Crippen LogP contribution in [0.15, 0.2) is 24.4 Å². The van der Waals surface area contributed by atoms with Gasteiger partial charge in [0.15, 0.2) is 0 Å². The maximum atomic E-state index is 12.1. The van der Waals surface area contributed by atoms with Crippen LogP contribution in [0.5, 0.6) is 0 Å². The van der Waals surface area contributed by atoms with E-state index in [1.165, 1.54) is 4.90 Å². The summed E-state index contributed by atoms with van der Waals surface area (Å²) in [5.41, 5.74) is 1.96. The van der Waals surface area contributed by atoms with Gasteiger partial charge < -0.3 is 4.90 Å². The molecule has 114 valence electrons. The Morgan fingerprint density at radius 2 is 2.19 bits per heavy atom. The molecule has 1 aliphatic rings. The van der Waals surface area contributed by atoms with Gasteiger partial charge in [-0.05, 0) is 29.7 Å². The van der Waals surface area contributed by atoms with Crippen LogP contribution in [0.2, 0.25) is 5.15 Å². The first kappa shape index (κ1) is 15.8. The highest BCUT2D eigenvalue weighted by Gasteiger charge is 2.29. The fourth-order valence-electron chi connectivity index (χ4n) is 2.17. The number of carbonyl (C=O) groups is 1. The van der Waals surface area contributed by atoms with E-state index in [1.807, 2.05) is 12.1 Å². The highest BCUT2D eigenvalue weighted by molar-refractivity contribution is 6.29. The van der Waals surface area contributed by atoms with Crippen LogP contribution in [0.25, 0.3) is 5.57 Å². The number of aromatic nitrogens is 1. The first-order chi connectivity index (χ1) is 9.85. The maximum absolute atomic E-state index is 12.1. The van der Waals surface area contributed by atoms with Crippen LogP contribution in [-0.4, -0.2) is 35.1 Å². The summed E-state index contributed by atoms with van der Waals surface area (Å²) in [6.45, 7) is 0.744. The van der Waals surface area contributed by atoms with E-state index in [0.717, 1.165) is 11.1 Å². The summed E-state index contributed by atoms with van der Waals surface area (Å²) in [5, 5.41) is 0.386. The van der Waals surface area contributed by atoms with Gasteiger partial charge in [-0.1, -0.05) is 17.7 Å². The van der Waals surface area contributed by atoms with Crippen molar-refractivity contribution < 1.29 is 18.0 Å². The molecule has 21 heavy (non-hydrogen) atoms. The van der Waals surface area contributed by atoms with Gasteiger partial charge in [-0.15, -0.1) is 0 Å². The van der Waals surface area contributed by atoms with Gasteiger partial charge in [-0.3, -0.25) is 4.79 Å². The Balaban J connectivity index is 1.94. The number of hydrogen-bond donors (Lipinski definition) is 0. The van der Waals surface area contributed by atoms with Crippen LogP contribution in [-0.2, 0) is 4.79 Å². The SMILES string of the molecule is O=C(CCC(F)(F)F)N1CC=C(c2ccnc(Cl)c2)CC1. The normalized spacial score (nSPS) is 15.8. The van der Waals surface area contributed by atoms with Crippen LogP contribution < -0.4 is 0 Å². The Labute approximate surface area is 125 Å². The number of nitrogens with zero attached hydrogens (tertiary/aromatic N) is 2. The van der Waals surface area contributed by atoms with Gasteiger partial charge in [0.25, 0.3) is 0 Å². The molecule has 2 heterocycles. The summed E-state index contributed by atoms with van der Waals surface area (Å²) in [6, 6.07) is 3.55. The minimum absolute atomic E-state index is 0.325. The Morgan fingerprint density at radius 1 is 1.43 bits per heavy atom. The molecule has 1 amide bonds. The Kier molecular flexibility index (Phi) is 4.88. The van der Waals surface area contributed by atoms with E-state index in [-0.39, 0.29) is 0 Å². The number of amides is 1. The molecule has 0 radical (unpaired) electrons. The molecule has 1 aromatic heterocycles. The molecule has 0 unspecified atom stereocenters. The summed E-state index contributed by atoms with van der Waals surface area (Å²) >= 11 is 5.82. The number of hydrogen-bond acceptors (Lipinski definition) is 2. The molecule has 0 bridgehead atoms. The van der Waals surface area contributed by atoms with Gasteiger partial charge in [0, 0.05) is 25.7 Å². The monoisotopic (exact) mass is 318 g/mol. The van der Waals surface area contributed by atoms with Crippen molar-refractivity contribution in [3.8, 4) is 0 Å². The third-order valence-corrected chi connectivity index (χ3v) is 3.49. The van der Waals surface area contributed by atoms with E-state index in [4.69, 9.17) is 11.6 Å². The van der Waals surface area contributed by atoms with Crippen molar-refractivity contribution in [2.45, 2.75) is 25.4 Å². The standard InChI is InChI=1S/C14H14ClF3N2O/c15-12-9-11(2-6-19-12)10-3-7-20(8-4-10)13(21)1-5-14(16,17)18/h2-3,6,9H,1,4-5,7-8H2. The van der Waals surface area contributed by atoms with E-state index in [0.29, 0.717) is 24.7 Å². The van der Waals surface area contributed by atoms with Crippen LogP contribution in [0.1, 0.15) is 24.8 Å². The summed E-state index contributed by atoms with van der Waals surface area (Å²) in [4.78, 5) is 17.0. The molecule has 1 aliphatic heterocycles. The Bertz CT molecular complexity index is 557. The third kappa shape index (κ3) is 4.74. The second-order valence-electron chi connectivity index (χ2n) is 4.80. The summed E-state index contributed by atoms with van der Waals surface area (Å²) in [5.74, 6) is -0.463. The molecule has 2 rings (SSSR count). The average Bonchev–Trinajstić information content (AvgIpc) is 2.44. The largest absolute Gasteiger partial charge is 0.389 e. The number of rotatable bonds is 3. The van der Waals surface area contributed by atoms with Crippen LogP contribution in [0, 0.1) is 0 Å². The maximum Gasteiger partial charge on any atom is 0.389 e. The summed E-state index contributed by atoms with van der Waals surface area (Å²) in [7, 11) is 0. The fraction of sp³-hybridized carbons (Fsp3) is 0.429. The van der Waals surface area contributed by atoms with E-state index >= 15 is 0 Å². The average molecular weight is 319 g/mol. The lowest BCUT2D eigenvalue weighted by Gasteiger charge is -2.27. The van der Waals surface area contributed by atoms with Crippen molar-refractivity contribution in [1.29, 1.82) is 0 Å². The highest BCUT2D eigenvalue weighted by atomic mass is 35.5. The van der Waals surface area contributed by atoms with Crippen molar-refractivity contribution in [3.05, 3.63) is 35.1 Å². The van der Waals surface area contributed by atoms with Crippen molar-refractivity contribution in [3.63, 3.8) is 0 Å². The molecule has 0 spiro atoms.